The molecular formula is C21H23NO6. The molecular weight excluding hydrogens is 362 g/mol. The van der Waals surface area contributed by atoms with Gasteiger partial charge >= 0.3 is 11.9 Å². The van der Waals surface area contributed by atoms with Crippen molar-refractivity contribution in [1.82, 2.24) is 0 Å². The molecule has 7 heteroatoms. The maximum Gasteiger partial charge on any atom is 0.341 e. The number of anilines is 1. The number of para-hydroxylation sites is 2. The molecule has 0 bridgehead atoms. The van der Waals surface area contributed by atoms with Crippen LogP contribution in [0.3, 0.4) is 0 Å². The van der Waals surface area contributed by atoms with Crippen LogP contribution in [-0.4, -0.2) is 37.5 Å². The van der Waals surface area contributed by atoms with Crippen LogP contribution in [-0.2, 0) is 23.9 Å². The van der Waals surface area contributed by atoms with Crippen LogP contribution < -0.4 is 9.64 Å². The van der Waals surface area contributed by atoms with Crippen LogP contribution in [0.15, 0.2) is 60.0 Å². The van der Waals surface area contributed by atoms with Crippen LogP contribution in [0.5, 0.6) is 5.75 Å². The summed E-state index contributed by atoms with van der Waals surface area (Å²) in [5.41, 5.74) is 1.03. The Morgan fingerprint density at radius 2 is 1.75 bits per heavy atom. The van der Waals surface area contributed by atoms with Crippen molar-refractivity contribution >= 4 is 23.4 Å². The first-order valence-corrected chi connectivity index (χ1v) is 8.82. The van der Waals surface area contributed by atoms with Crippen LogP contribution >= 0.6 is 0 Å². The third-order valence-electron chi connectivity index (χ3n) is 3.84. The smallest absolute Gasteiger partial charge is 0.341 e. The van der Waals surface area contributed by atoms with E-state index in [0.717, 1.165) is 5.69 Å². The maximum absolute atomic E-state index is 12.2. The Balaban J connectivity index is 2.05. The molecule has 2 rings (SSSR count). The minimum absolute atomic E-state index is 0.119. The zero-order valence-electron chi connectivity index (χ0n) is 16.2. The summed E-state index contributed by atoms with van der Waals surface area (Å²) < 4.78 is 15.6. The Hall–Kier alpha value is -3.35. The van der Waals surface area contributed by atoms with Crippen LogP contribution in [0.1, 0.15) is 20.8 Å². The molecule has 148 valence electrons. The predicted molar refractivity (Wildman–Crippen MR) is 104 cm³/mol. The van der Waals surface area contributed by atoms with Gasteiger partial charge in [0.2, 0.25) is 5.88 Å². The monoisotopic (exact) mass is 385 g/mol. The van der Waals surface area contributed by atoms with Crippen molar-refractivity contribution in [3.8, 4) is 5.75 Å². The number of Topliss-reactive ketones (excluding diaryl/α,β-unsaturated/α-hetero) is 1. The second kappa shape index (κ2) is 9.55. The Bertz CT molecular complexity index is 852. The minimum atomic E-state index is -0.797. The number of ketones is 1. The lowest BCUT2D eigenvalue weighted by Crippen LogP contribution is -2.20. The maximum atomic E-state index is 12.2. The summed E-state index contributed by atoms with van der Waals surface area (Å²) in [5, 5.41) is 0. The number of fused-ring (bicyclic) bond motifs is 1. The van der Waals surface area contributed by atoms with Crippen molar-refractivity contribution in [2.75, 3.05) is 24.7 Å². The highest BCUT2D eigenvalue weighted by Gasteiger charge is 2.24. The summed E-state index contributed by atoms with van der Waals surface area (Å²) in [6, 6.07) is 7.54. The van der Waals surface area contributed by atoms with E-state index in [4.69, 9.17) is 14.2 Å². The molecule has 0 saturated carbocycles. The second-order valence-corrected chi connectivity index (χ2v) is 6.01. The molecule has 1 aliphatic heterocycles. The summed E-state index contributed by atoms with van der Waals surface area (Å²) in [4.78, 5) is 37.2. The lowest BCUT2D eigenvalue weighted by Gasteiger charge is -2.15. The van der Waals surface area contributed by atoms with Gasteiger partial charge in [-0.15, -0.1) is 0 Å². The Labute approximate surface area is 163 Å². The van der Waals surface area contributed by atoms with Gasteiger partial charge < -0.3 is 19.1 Å². The summed E-state index contributed by atoms with van der Waals surface area (Å²) >= 11 is 0. The zero-order valence-corrected chi connectivity index (χ0v) is 16.2. The van der Waals surface area contributed by atoms with Gasteiger partial charge in [-0.1, -0.05) is 18.7 Å². The fraction of sp³-hybridized carbons (Fsp3) is 0.286. The van der Waals surface area contributed by atoms with Crippen molar-refractivity contribution in [3.63, 3.8) is 0 Å². The number of nitrogens with zero attached hydrogens (tertiary/aromatic N) is 1. The molecule has 0 N–H and O–H groups in total. The van der Waals surface area contributed by atoms with Gasteiger partial charge in [0.05, 0.1) is 5.69 Å². The van der Waals surface area contributed by atoms with E-state index in [-0.39, 0.29) is 24.4 Å². The van der Waals surface area contributed by atoms with Gasteiger partial charge in [-0.3, -0.25) is 4.79 Å². The Morgan fingerprint density at radius 1 is 1.11 bits per heavy atom. The standard InChI is InChI=1S/C21H23NO6/c1-5-22-17-8-6-7-9-18(17)28-19(22)11-10-16(15(4)23)21(25)27-13-12-26-20(24)14(2)3/h6-11H,2,5,12-13H2,1,3-4H3/b16-10+,19-11-. The molecule has 1 aromatic rings. The van der Waals surface area contributed by atoms with Gasteiger partial charge in [-0.05, 0) is 45.1 Å². The molecule has 0 spiro atoms. The molecule has 0 radical (unpaired) electrons. The van der Waals surface area contributed by atoms with Crippen molar-refractivity contribution in [3.05, 3.63) is 60.0 Å². The van der Waals surface area contributed by atoms with Gasteiger partial charge in [0.15, 0.2) is 11.5 Å². The number of ether oxygens (including phenoxy) is 3. The van der Waals surface area contributed by atoms with E-state index in [1.807, 2.05) is 36.1 Å². The number of carbonyl (C=O) groups excluding carboxylic acids is 3. The SMILES string of the molecule is C=C(C)C(=O)OCCOC(=O)/C(=C/C=C1\Oc2ccccc2N1CC)C(C)=O. The molecule has 0 aromatic heterocycles. The fourth-order valence-electron chi connectivity index (χ4n) is 2.46. The van der Waals surface area contributed by atoms with E-state index in [0.29, 0.717) is 18.2 Å². The van der Waals surface area contributed by atoms with Gasteiger partial charge in [0.1, 0.15) is 18.8 Å². The summed E-state index contributed by atoms with van der Waals surface area (Å²) in [7, 11) is 0. The molecule has 0 fully saturated rings. The topological polar surface area (TPSA) is 82.1 Å². The molecule has 0 amide bonds. The van der Waals surface area contributed by atoms with E-state index in [9.17, 15) is 14.4 Å². The molecule has 1 aromatic carbocycles. The van der Waals surface area contributed by atoms with Gasteiger partial charge in [-0.2, -0.15) is 0 Å². The summed E-state index contributed by atoms with van der Waals surface area (Å²) in [6.45, 7) is 8.58. The Morgan fingerprint density at radius 3 is 2.36 bits per heavy atom. The predicted octanol–water partition coefficient (Wildman–Crippen LogP) is 2.92. The third kappa shape index (κ3) is 5.09. The first kappa shape index (κ1) is 21.0. The number of esters is 2. The molecule has 28 heavy (non-hydrogen) atoms. The first-order chi connectivity index (χ1) is 13.3. The lowest BCUT2D eigenvalue weighted by atomic mass is 10.1. The van der Waals surface area contributed by atoms with Crippen molar-refractivity contribution < 1.29 is 28.6 Å². The first-order valence-electron chi connectivity index (χ1n) is 8.82. The van der Waals surface area contributed by atoms with E-state index >= 15 is 0 Å². The highest BCUT2D eigenvalue weighted by atomic mass is 16.6. The zero-order chi connectivity index (χ0) is 20.7. The fourth-order valence-corrected chi connectivity index (χ4v) is 2.46. The normalized spacial score (nSPS) is 14.3. The van der Waals surface area contributed by atoms with Crippen molar-refractivity contribution in [1.29, 1.82) is 0 Å². The largest absolute Gasteiger partial charge is 0.459 e. The van der Waals surface area contributed by atoms with E-state index in [1.54, 1.807) is 6.08 Å². The van der Waals surface area contributed by atoms with E-state index < -0.39 is 17.7 Å². The molecule has 0 atom stereocenters. The van der Waals surface area contributed by atoms with Crippen molar-refractivity contribution in [2.45, 2.75) is 20.8 Å². The number of allylic oxidation sites excluding steroid dienone is 2. The van der Waals surface area contributed by atoms with E-state index in [2.05, 4.69) is 6.58 Å². The molecule has 0 aliphatic carbocycles. The van der Waals surface area contributed by atoms with Gasteiger partial charge in [0.25, 0.3) is 0 Å². The number of hydrogen-bond acceptors (Lipinski definition) is 7. The van der Waals surface area contributed by atoms with Gasteiger partial charge in [0, 0.05) is 12.1 Å². The lowest BCUT2D eigenvalue weighted by molar-refractivity contribution is -0.148. The molecule has 1 heterocycles. The molecule has 1 aliphatic rings. The summed E-state index contributed by atoms with van der Waals surface area (Å²) in [6.07, 6.45) is 2.93. The van der Waals surface area contributed by atoms with Crippen molar-refractivity contribution in [2.24, 2.45) is 0 Å². The summed E-state index contributed by atoms with van der Waals surface area (Å²) in [5.74, 6) is -0.602. The number of carbonyl (C=O) groups is 3. The number of rotatable bonds is 8. The van der Waals surface area contributed by atoms with Crippen LogP contribution in [0.4, 0.5) is 5.69 Å². The number of hydrogen-bond donors (Lipinski definition) is 0. The number of benzene rings is 1. The quantitative estimate of drug-likeness (QED) is 0.224. The molecule has 0 unspecified atom stereocenters. The van der Waals surface area contributed by atoms with Crippen LogP contribution in [0.2, 0.25) is 0 Å². The highest BCUT2D eigenvalue weighted by Crippen LogP contribution is 2.38. The van der Waals surface area contributed by atoms with E-state index in [1.165, 1.54) is 19.9 Å². The van der Waals surface area contributed by atoms with Gasteiger partial charge in [-0.25, -0.2) is 9.59 Å². The Kier molecular flexibility index (Phi) is 7.14. The minimum Gasteiger partial charge on any atom is -0.459 e. The molecule has 7 nitrogen and oxygen atoms in total. The molecule has 0 saturated heterocycles. The van der Waals surface area contributed by atoms with Crippen LogP contribution in [0, 0.1) is 0 Å². The average molecular weight is 385 g/mol. The van der Waals surface area contributed by atoms with Crippen LogP contribution in [0.25, 0.3) is 0 Å². The highest BCUT2D eigenvalue weighted by molar-refractivity contribution is 6.16. The third-order valence-corrected chi connectivity index (χ3v) is 3.84. The average Bonchev–Trinajstić information content (AvgIpc) is 3.02. The second-order valence-electron chi connectivity index (χ2n) is 6.01.